The Morgan fingerprint density at radius 2 is 2.10 bits per heavy atom. The summed E-state index contributed by atoms with van der Waals surface area (Å²) in [4.78, 5) is 0.219. The number of methoxy groups -OCH3 is 1. The normalized spacial score (nSPS) is 22.4. The van der Waals surface area contributed by atoms with E-state index in [4.69, 9.17) is 4.74 Å². The van der Waals surface area contributed by atoms with Crippen molar-refractivity contribution in [2.24, 2.45) is 5.92 Å². The van der Waals surface area contributed by atoms with E-state index in [9.17, 15) is 8.42 Å². The molecule has 0 aliphatic heterocycles. The number of hydrogen-bond acceptors (Lipinski definition) is 4. The van der Waals surface area contributed by atoms with Crippen molar-refractivity contribution in [2.75, 3.05) is 14.2 Å². The minimum Gasteiger partial charge on any atom is -0.495 e. The van der Waals surface area contributed by atoms with Crippen LogP contribution in [0.15, 0.2) is 23.1 Å². The molecule has 1 aromatic carbocycles. The monoisotopic (exact) mass is 312 g/mol. The minimum absolute atomic E-state index is 0.0210. The van der Waals surface area contributed by atoms with Crippen LogP contribution in [0.5, 0.6) is 5.75 Å². The molecule has 0 amide bonds. The summed E-state index contributed by atoms with van der Waals surface area (Å²) in [6.07, 6.45) is 3.05. The maximum Gasteiger partial charge on any atom is 0.244 e. The van der Waals surface area contributed by atoms with E-state index >= 15 is 0 Å². The van der Waals surface area contributed by atoms with Crippen LogP contribution in [0.25, 0.3) is 0 Å². The Balaban J connectivity index is 2.31. The quantitative estimate of drug-likeness (QED) is 0.841. The molecule has 0 heterocycles. The predicted molar refractivity (Wildman–Crippen MR) is 82.9 cm³/mol. The highest BCUT2D eigenvalue weighted by atomic mass is 32.2. The van der Waals surface area contributed by atoms with Crippen LogP contribution in [-0.2, 0) is 16.6 Å². The van der Waals surface area contributed by atoms with E-state index < -0.39 is 10.0 Å². The van der Waals surface area contributed by atoms with E-state index in [-0.39, 0.29) is 10.9 Å². The third-order valence-electron chi connectivity index (χ3n) is 4.07. The number of benzene rings is 1. The van der Waals surface area contributed by atoms with Gasteiger partial charge in [0.15, 0.2) is 0 Å². The largest absolute Gasteiger partial charge is 0.495 e. The summed E-state index contributed by atoms with van der Waals surface area (Å²) in [7, 11) is -0.242. The zero-order valence-electron chi connectivity index (χ0n) is 12.8. The lowest BCUT2D eigenvalue weighted by atomic mass is 10.1. The Morgan fingerprint density at radius 3 is 2.67 bits per heavy atom. The van der Waals surface area contributed by atoms with Gasteiger partial charge < -0.3 is 10.1 Å². The van der Waals surface area contributed by atoms with Crippen LogP contribution in [0.1, 0.15) is 31.7 Å². The highest BCUT2D eigenvalue weighted by Crippen LogP contribution is 2.29. The van der Waals surface area contributed by atoms with Gasteiger partial charge >= 0.3 is 0 Å². The summed E-state index contributed by atoms with van der Waals surface area (Å²) in [5.41, 5.74) is 0.915. The van der Waals surface area contributed by atoms with E-state index in [1.165, 1.54) is 7.11 Å². The van der Waals surface area contributed by atoms with Crippen molar-refractivity contribution in [1.82, 2.24) is 10.0 Å². The third-order valence-corrected chi connectivity index (χ3v) is 5.58. The van der Waals surface area contributed by atoms with E-state index in [1.54, 1.807) is 12.1 Å². The van der Waals surface area contributed by atoms with Crippen LogP contribution < -0.4 is 14.8 Å². The number of hydrogen-bond donors (Lipinski definition) is 2. The average molecular weight is 312 g/mol. The second kappa shape index (κ2) is 6.77. The van der Waals surface area contributed by atoms with Crippen molar-refractivity contribution < 1.29 is 13.2 Å². The van der Waals surface area contributed by atoms with E-state index in [2.05, 4.69) is 17.0 Å². The first kappa shape index (κ1) is 16.3. The zero-order valence-corrected chi connectivity index (χ0v) is 13.7. The maximum absolute atomic E-state index is 12.7. The molecule has 6 heteroatoms. The van der Waals surface area contributed by atoms with Gasteiger partial charge in [-0.05, 0) is 43.5 Å². The Labute approximate surface area is 127 Å². The van der Waals surface area contributed by atoms with Gasteiger partial charge in [-0.25, -0.2) is 13.1 Å². The molecule has 0 bridgehead atoms. The Hall–Kier alpha value is -1.11. The van der Waals surface area contributed by atoms with Gasteiger partial charge in [0.1, 0.15) is 10.6 Å². The topological polar surface area (TPSA) is 67.4 Å². The fourth-order valence-corrected chi connectivity index (χ4v) is 4.43. The number of rotatable bonds is 6. The Kier molecular flexibility index (Phi) is 5.24. The second-order valence-corrected chi connectivity index (χ2v) is 7.33. The summed E-state index contributed by atoms with van der Waals surface area (Å²) >= 11 is 0. The van der Waals surface area contributed by atoms with Gasteiger partial charge in [0, 0.05) is 12.6 Å². The molecule has 1 aromatic rings. The van der Waals surface area contributed by atoms with E-state index in [0.29, 0.717) is 18.2 Å². The highest BCUT2D eigenvalue weighted by molar-refractivity contribution is 7.89. The molecule has 5 nitrogen and oxygen atoms in total. The van der Waals surface area contributed by atoms with Gasteiger partial charge in [-0.15, -0.1) is 0 Å². The SMILES string of the molecule is CNCc1ccc(OC)c(S(=O)(=O)NC2CCCC2C)c1. The molecule has 118 valence electrons. The summed E-state index contributed by atoms with van der Waals surface area (Å²) in [6.45, 7) is 2.71. The first-order valence-corrected chi connectivity index (χ1v) is 8.80. The maximum atomic E-state index is 12.7. The summed E-state index contributed by atoms with van der Waals surface area (Å²) in [5, 5.41) is 3.02. The van der Waals surface area contributed by atoms with Crippen molar-refractivity contribution in [3.05, 3.63) is 23.8 Å². The number of sulfonamides is 1. The van der Waals surface area contributed by atoms with E-state index in [0.717, 1.165) is 24.8 Å². The Bertz CT molecular complexity index is 587. The van der Waals surface area contributed by atoms with Crippen LogP contribution in [-0.4, -0.2) is 28.6 Å². The second-order valence-electron chi connectivity index (χ2n) is 5.65. The van der Waals surface area contributed by atoms with Crippen molar-refractivity contribution in [3.63, 3.8) is 0 Å². The van der Waals surface area contributed by atoms with Crippen molar-refractivity contribution in [3.8, 4) is 5.75 Å². The lowest BCUT2D eigenvalue weighted by molar-refractivity contribution is 0.400. The molecule has 2 rings (SSSR count). The molecule has 1 saturated carbocycles. The highest BCUT2D eigenvalue weighted by Gasteiger charge is 2.30. The van der Waals surface area contributed by atoms with Gasteiger partial charge in [0.25, 0.3) is 0 Å². The van der Waals surface area contributed by atoms with Gasteiger partial charge in [0.2, 0.25) is 10.0 Å². The smallest absolute Gasteiger partial charge is 0.244 e. The summed E-state index contributed by atoms with van der Waals surface area (Å²) in [5.74, 6) is 0.763. The molecule has 0 radical (unpaired) electrons. The fourth-order valence-electron chi connectivity index (χ4n) is 2.83. The van der Waals surface area contributed by atoms with Gasteiger partial charge in [-0.3, -0.25) is 0 Å². The standard InChI is InChI=1S/C15H24N2O3S/c1-11-5-4-6-13(11)17-21(18,19)15-9-12(10-16-2)7-8-14(15)20-3/h7-9,11,13,16-17H,4-6,10H2,1-3H3. The van der Waals surface area contributed by atoms with Gasteiger partial charge in [0.05, 0.1) is 7.11 Å². The summed E-state index contributed by atoms with van der Waals surface area (Å²) in [6, 6.07) is 5.27. The summed E-state index contributed by atoms with van der Waals surface area (Å²) < 4.78 is 33.4. The lowest BCUT2D eigenvalue weighted by Crippen LogP contribution is -2.36. The lowest BCUT2D eigenvalue weighted by Gasteiger charge is -2.19. The number of ether oxygens (including phenoxy) is 1. The van der Waals surface area contributed by atoms with Crippen LogP contribution in [0.2, 0.25) is 0 Å². The first-order valence-electron chi connectivity index (χ1n) is 7.31. The molecule has 2 N–H and O–H groups in total. The van der Waals surface area contributed by atoms with Crippen molar-refractivity contribution in [1.29, 1.82) is 0 Å². The molecule has 21 heavy (non-hydrogen) atoms. The van der Waals surface area contributed by atoms with Crippen molar-refractivity contribution >= 4 is 10.0 Å². The molecule has 1 aliphatic carbocycles. The third kappa shape index (κ3) is 3.75. The molecule has 0 aromatic heterocycles. The minimum atomic E-state index is -3.56. The van der Waals surface area contributed by atoms with Gasteiger partial charge in [-0.2, -0.15) is 0 Å². The molecule has 0 saturated heterocycles. The molecule has 0 spiro atoms. The molecule has 1 fully saturated rings. The van der Waals surface area contributed by atoms with Crippen LogP contribution >= 0.6 is 0 Å². The Morgan fingerprint density at radius 1 is 1.33 bits per heavy atom. The first-order chi connectivity index (χ1) is 9.97. The molecule has 2 atom stereocenters. The molecule has 2 unspecified atom stereocenters. The molecule has 1 aliphatic rings. The zero-order chi connectivity index (χ0) is 15.5. The molecular formula is C15H24N2O3S. The predicted octanol–water partition coefficient (Wildman–Crippen LogP) is 1.88. The van der Waals surface area contributed by atoms with Crippen LogP contribution in [0.3, 0.4) is 0 Å². The average Bonchev–Trinajstić information content (AvgIpc) is 2.84. The van der Waals surface area contributed by atoms with Gasteiger partial charge in [-0.1, -0.05) is 19.4 Å². The van der Waals surface area contributed by atoms with Crippen LogP contribution in [0, 0.1) is 5.92 Å². The van der Waals surface area contributed by atoms with Crippen molar-refractivity contribution in [2.45, 2.75) is 43.7 Å². The fraction of sp³-hybridized carbons (Fsp3) is 0.600. The van der Waals surface area contributed by atoms with E-state index in [1.807, 2.05) is 13.1 Å². The molecular weight excluding hydrogens is 288 g/mol. The van der Waals surface area contributed by atoms with Crippen LogP contribution in [0.4, 0.5) is 0 Å². The number of nitrogens with one attached hydrogen (secondary N) is 2.